The highest BCUT2D eigenvalue weighted by atomic mass is 32.2. The van der Waals surface area contributed by atoms with E-state index in [1.807, 2.05) is 67.6 Å². The number of anilines is 1. The van der Waals surface area contributed by atoms with Gasteiger partial charge < -0.3 is 5.32 Å². The normalized spacial score (nSPS) is 14.9. The van der Waals surface area contributed by atoms with E-state index in [1.165, 1.54) is 31.0 Å². The maximum Gasteiger partial charge on any atom is 0.237 e. The summed E-state index contributed by atoms with van der Waals surface area (Å²) >= 11 is 1.44. The fourth-order valence-corrected chi connectivity index (χ4v) is 5.43. The predicted molar refractivity (Wildman–Crippen MR) is 146 cm³/mol. The van der Waals surface area contributed by atoms with Crippen LogP contribution in [0.15, 0.2) is 90.1 Å². The highest BCUT2D eigenvalue weighted by Gasteiger charge is 2.23. The molecule has 0 spiro atoms. The molecule has 36 heavy (non-hydrogen) atoms. The highest BCUT2D eigenvalue weighted by molar-refractivity contribution is 8.00. The average Bonchev–Trinajstić information content (AvgIpc) is 3.32. The molecule has 0 bridgehead atoms. The Hall–Kier alpha value is -3.42. The van der Waals surface area contributed by atoms with E-state index in [1.54, 1.807) is 0 Å². The maximum absolute atomic E-state index is 13.3. The van der Waals surface area contributed by atoms with Crippen LogP contribution in [-0.4, -0.2) is 43.9 Å². The molecule has 1 fully saturated rings. The largest absolute Gasteiger partial charge is 0.325 e. The Morgan fingerprint density at radius 1 is 0.889 bits per heavy atom. The number of piperidine rings is 1. The van der Waals surface area contributed by atoms with Crippen LogP contribution in [0.5, 0.6) is 0 Å². The number of benzene rings is 3. The van der Waals surface area contributed by atoms with Gasteiger partial charge in [-0.05, 0) is 56.6 Å². The zero-order chi connectivity index (χ0) is 24.7. The Labute approximate surface area is 216 Å². The van der Waals surface area contributed by atoms with Gasteiger partial charge in [0, 0.05) is 16.9 Å². The van der Waals surface area contributed by atoms with Crippen LogP contribution in [0.3, 0.4) is 0 Å². The molecule has 1 saturated heterocycles. The van der Waals surface area contributed by atoms with Gasteiger partial charge in [-0.1, -0.05) is 84.9 Å². The number of nitrogens with zero attached hydrogens (tertiary/aromatic N) is 4. The molecule has 0 radical (unpaired) electrons. The number of thioether (sulfide) groups is 1. The van der Waals surface area contributed by atoms with Gasteiger partial charge in [-0.25, -0.2) is 0 Å². The molecule has 0 saturated carbocycles. The second-order valence-corrected chi connectivity index (χ2v) is 10.4. The Morgan fingerprint density at radius 2 is 1.56 bits per heavy atom. The second kappa shape index (κ2) is 11.5. The Morgan fingerprint density at radius 3 is 2.31 bits per heavy atom. The first-order valence-corrected chi connectivity index (χ1v) is 13.4. The summed E-state index contributed by atoms with van der Waals surface area (Å²) in [4.78, 5) is 15.7. The lowest BCUT2D eigenvalue weighted by atomic mass is 10.0. The summed E-state index contributed by atoms with van der Waals surface area (Å²) in [7, 11) is 0. The third kappa shape index (κ3) is 5.69. The number of nitrogens with one attached hydrogen (secondary N) is 1. The highest BCUT2D eigenvalue weighted by Crippen LogP contribution is 2.30. The van der Waals surface area contributed by atoms with Gasteiger partial charge >= 0.3 is 0 Å². The van der Waals surface area contributed by atoms with Crippen LogP contribution in [-0.2, 0) is 11.3 Å². The Balaban J connectivity index is 1.35. The van der Waals surface area contributed by atoms with Crippen LogP contribution in [0.2, 0.25) is 0 Å². The smallest absolute Gasteiger partial charge is 0.237 e. The standard InChI is InChI=1S/C29H31N5OS/c1-22(28(35)30-26-18-10-9-17-25(26)23-13-5-2-6-14-23)36-29-32-31-27(21-33-19-11-4-12-20-33)34(29)24-15-7-3-8-16-24/h2-3,5-10,13-18,22H,4,11-12,19-21H2,1H3,(H,30,35)/t22-/m0/s1. The number of rotatable bonds is 8. The van der Waals surface area contributed by atoms with Gasteiger partial charge in [0.15, 0.2) is 11.0 Å². The number of aromatic nitrogens is 3. The van der Waals surface area contributed by atoms with Crippen molar-refractivity contribution < 1.29 is 4.79 Å². The van der Waals surface area contributed by atoms with Gasteiger partial charge in [0.25, 0.3) is 0 Å². The number of hydrogen-bond donors (Lipinski definition) is 1. The number of likely N-dealkylation sites (tertiary alicyclic amines) is 1. The lowest BCUT2D eigenvalue weighted by Gasteiger charge is -2.26. The quantitative estimate of drug-likeness (QED) is 0.301. The molecule has 6 nitrogen and oxygen atoms in total. The molecule has 1 atom stereocenters. The third-order valence-electron chi connectivity index (χ3n) is 6.45. The topological polar surface area (TPSA) is 63.1 Å². The first-order chi connectivity index (χ1) is 17.7. The minimum absolute atomic E-state index is 0.0661. The number of hydrogen-bond acceptors (Lipinski definition) is 5. The van der Waals surface area contributed by atoms with Crippen molar-refractivity contribution in [2.75, 3.05) is 18.4 Å². The van der Waals surface area contributed by atoms with E-state index in [2.05, 4.69) is 49.2 Å². The van der Waals surface area contributed by atoms with Crippen LogP contribution in [0.4, 0.5) is 5.69 Å². The number of amides is 1. The molecule has 5 rings (SSSR count). The Bertz CT molecular complexity index is 1290. The number of carbonyl (C=O) groups excluding carboxylic acids is 1. The SMILES string of the molecule is C[C@H](Sc1nnc(CN2CCCCC2)n1-c1ccccc1)C(=O)Nc1ccccc1-c1ccccc1. The summed E-state index contributed by atoms with van der Waals surface area (Å²) in [6.07, 6.45) is 3.74. The summed E-state index contributed by atoms with van der Waals surface area (Å²) in [6.45, 7) is 4.85. The van der Waals surface area contributed by atoms with E-state index < -0.39 is 0 Å². The van der Waals surface area contributed by atoms with E-state index in [0.29, 0.717) is 0 Å². The molecule has 1 N–H and O–H groups in total. The van der Waals surface area contributed by atoms with Crippen molar-refractivity contribution in [3.63, 3.8) is 0 Å². The molecule has 7 heteroatoms. The fourth-order valence-electron chi connectivity index (χ4n) is 4.54. The minimum Gasteiger partial charge on any atom is -0.325 e. The van der Waals surface area contributed by atoms with Gasteiger partial charge in [0.05, 0.1) is 11.8 Å². The first kappa shape index (κ1) is 24.3. The molecule has 0 aliphatic carbocycles. The second-order valence-electron chi connectivity index (χ2n) is 9.07. The van der Waals surface area contributed by atoms with Crippen LogP contribution < -0.4 is 5.32 Å². The number of carbonyl (C=O) groups is 1. The van der Waals surface area contributed by atoms with Crippen molar-refractivity contribution in [1.29, 1.82) is 0 Å². The zero-order valence-corrected chi connectivity index (χ0v) is 21.3. The van der Waals surface area contributed by atoms with E-state index in [4.69, 9.17) is 0 Å². The van der Waals surface area contributed by atoms with Crippen molar-refractivity contribution in [3.8, 4) is 16.8 Å². The molecule has 4 aromatic rings. The van der Waals surface area contributed by atoms with Crippen LogP contribution in [0.25, 0.3) is 16.8 Å². The van der Waals surface area contributed by atoms with Crippen molar-refractivity contribution in [3.05, 3.63) is 90.8 Å². The summed E-state index contributed by atoms with van der Waals surface area (Å²) < 4.78 is 2.10. The van der Waals surface area contributed by atoms with Crippen molar-refractivity contribution >= 4 is 23.4 Å². The summed E-state index contributed by atoms with van der Waals surface area (Å²) in [5.74, 6) is 0.844. The van der Waals surface area contributed by atoms with Gasteiger partial charge in [0.1, 0.15) is 0 Å². The van der Waals surface area contributed by atoms with Crippen molar-refractivity contribution in [1.82, 2.24) is 19.7 Å². The molecule has 0 unspecified atom stereocenters. The fraction of sp³-hybridized carbons (Fsp3) is 0.276. The van der Waals surface area contributed by atoms with Crippen LogP contribution in [0, 0.1) is 0 Å². The monoisotopic (exact) mass is 497 g/mol. The summed E-state index contributed by atoms with van der Waals surface area (Å²) in [6, 6.07) is 28.2. The molecule has 1 aromatic heterocycles. The van der Waals surface area contributed by atoms with Crippen LogP contribution >= 0.6 is 11.8 Å². The molecule has 3 aromatic carbocycles. The lowest BCUT2D eigenvalue weighted by Crippen LogP contribution is -2.30. The summed E-state index contributed by atoms with van der Waals surface area (Å²) in [5, 5.41) is 12.6. The molecular weight excluding hydrogens is 466 g/mol. The molecule has 1 aliphatic rings. The van der Waals surface area contributed by atoms with Crippen molar-refractivity contribution in [2.45, 2.75) is 43.1 Å². The number of para-hydroxylation sites is 2. The maximum atomic E-state index is 13.3. The van der Waals surface area contributed by atoms with Crippen LogP contribution in [0.1, 0.15) is 32.0 Å². The molecule has 1 aliphatic heterocycles. The van der Waals surface area contributed by atoms with Gasteiger partial charge in [0.2, 0.25) is 5.91 Å². The average molecular weight is 498 g/mol. The molecule has 184 valence electrons. The van der Waals surface area contributed by atoms with E-state index in [-0.39, 0.29) is 11.2 Å². The van der Waals surface area contributed by atoms with Gasteiger partial charge in [-0.2, -0.15) is 0 Å². The lowest BCUT2D eigenvalue weighted by molar-refractivity contribution is -0.115. The molecule has 1 amide bonds. The molecular formula is C29H31N5OS. The van der Waals surface area contributed by atoms with E-state index in [9.17, 15) is 4.79 Å². The van der Waals surface area contributed by atoms with Crippen molar-refractivity contribution in [2.24, 2.45) is 0 Å². The third-order valence-corrected chi connectivity index (χ3v) is 7.49. The minimum atomic E-state index is -0.358. The Kier molecular flexibility index (Phi) is 7.79. The zero-order valence-electron chi connectivity index (χ0n) is 20.5. The molecule has 2 heterocycles. The summed E-state index contributed by atoms with van der Waals surface area (Å²) in [5.41, 5.74) is 3.88. The predicted octanol–water partition coefficient (Wildman–Crippen LogP) is 6.04. The van der Waals surface area contributed by atoms with Gasteiger partial charge in [-0.15, -0.1) is 10.2 Å². The van der Waals surface area contributed by atoms with Gasteiger partial charge in [-0.3, -0.25) is 14.3 Å². The first-order valence-electron chi connectivity index (χ1n) is 12.5. The van der Waals surface area contributed by atoms with E-state index in [0.717, 1.165) is 53.1 Å². The van der Waals surface area contributed by atoms with E-state index >= 15 is 0 Å².